The van der Waals surface area contributed by atoms with Gasteiger partial charge >= 0.3 is 0 Å². The second-order valence-electron chi connectivity index (χ2n) is 6.15. The van der Waals surface area contributed by atoms with E-state index in [1.807, 2.05) is 33.9 Å². The number of carbonyl (C=O) groups is 1. The van der Waals surface area contributed by atoms with Gasteiger partial charge in [-0.15, -0.1) is 0 Å². The number of nitrogens with zero attached hydrogens (tertiary/aromatic N) is 4. The Morgan fingerprint density at radius 1 is 1.15 bits per heavy atom. The molecule has 2 heterocycles. The molecule has 0 radical (unpaired) electrons. The van der Waals surface area contributed by atoms with E-state index in [4.69, 9.17) is 23.2 Å². The molecular formula is C18H19Cl2N5O. The van der Waals surface area contributed by atoms with Crippen LogP contribution in [0.15, 0.2) is 24.3 Å². The van der Waals surface area contributed by atoms with Crippen LogP contribution in [0.4, 0.5) is 5.82 Å². The maximum Gasteiger partial charge on any atom is 0.260 e. The molecule has 0 fully saturated rings. The topological polar surface area (TPSA) is 64.7 Å². The van der Waals surface area contributed by atoms with Crippen LogP contribution < -0.4 is 5.32 Å². The molecule has 0 saturated carbocycles. The second-order valence-corrected chi connectivity index (χ2v) is 6.97. The van der Waals surface area contributed by atoms with Crippen molar-refractivity contribution in [2.45, 2.75) is 27.3 Å². The van der Waals surface area contributed by atoms with Crippen LogP contribution in [0.3, 0.4) is 0 Å². The van der Waals surface area contributed by atoms with Crippen molar-refractivity contribution >= 4 is 34.9 Å². The van der Waals surface area contributed by atoms with Gasteiger partial charge in [-0.25, -0.2) is 0 Å². The van der Waals surface area contributed by atoms with Gasteiger partial charge in [0.25, 0.3) is 5.91 Å². The quantitative estimate of drug-likeness (QED) is 0.726. The Hall–Kier alpha value is -2.31. The average Bonchev–Trinajstić information content (AvgIpc) is 3.02. The fraction of sp³-hybridized carbons (Fsp3) is 0.278. The molecule has 26 heavy (non-hydrogen) atoms. The number of rotatable bonds is 4. The van der Waals surface area contributed by atoms with Crippen LogP contribution >= 0.6 is 23.2 Å². The fourth-order valence-electron chi connectivity index (χ4n) is 2.85. The number of carbonyl (C=O) groups excluding carboxylic acids is 1. The molecule has 0 saturated heterocycles. The molecule has 1 N–H and O–H groups in total. The van der Waals surface area contributed by atoms with Crippen LogP contribution in [0.5, 0.6) is 0 Å². The van der Waals surface area contributed by atoms with Crippen molar-refractivity contribution in [3.8, 4) is 0 Å². The van der Waals surface area contributed by atoms with E-state index in [0.717, 1.165) is 17.0 Å². The minimum atomic E-state index is -0.228. The molecule has 3 aromatic rings. The van der Waals surface area contributed by atoms with Crippen LogP contribution in [0.1, 0.15) is 33.0 Å². The van der Waals surface area contributed by atoms with E-state index in [1.165, 1.54) is 0 Å². The van der Waals surface area contributed by atoms with Crippen LogP contribution in [0, 0.1) is 20.8 Å². The van der Waals surface area contributed by atoms with Gasteiger partial charge in [-0.1, -0.05) is 29.3 Å². The molecule has 0 spiro atoms. The number of hydrogen-bond acceptors (Lipinski definition) is 3. The molecule has 0 aliphatic heterocycles. The number of amides is 1. The van der Waals surface area contributed by atoms with E-state index in [2.05, 4.69) is 15.5 Å². The van der Waals surface area contributed by atoms with Crippen LogP contribution in [0.2, 0.25) is 10.0 Å². The standard InChI is InChI=1S/C18H19Cl2N5O/c1-10-8-16(21-18(26)17-11(2)22-24(4)12(17)3)23-25(10)9-13-14(19)6-5-7-15(13)20/h5-8H,9H2,1-4H3,(H,21,23,26). The third-order valence-electron chi connectivity index (χ3n) is 4.33. The first kappa shape index (κ1) is 18.5. The third-order valence-corrected chi connectivity index (χ3v) is 5.04. The summed E-state index contributed by atoms with van der Waals surface area (Å²) in [5, 5.41) is 12.7. The average molecular weight is 392 g/mol. The highest BCUT2D eigenvalue weighted by Crippen LogP contribution is 2.26. The summed E-state index contributed by atoms with van der Waals surface area (Å²) in [6, 6.07) is 7.19. The van der Waals surface area contributed by atoms with E-state index in [-0.39, 0.29) is 5.91 Å². The lowest BCUT2D eigenvalue weighted by molar-refractivity contribution is 0.102. The Morgan fingerprint density at radius 2 is 1.81 bits per heavy atom. The summed E-state index contributed by atoms with van der Waals surface area (Å²) in [7, 11) is 1.81. The Bertz CT molecular complexity index is 970. The number of halogens is 2. The maximum absolute atomic E-state index is 12.6. The highest BCUT2D eigenvalue weighted by Gasteiger charge is 2.19. The van der Waals surface area contributed by atoms with Gasteiger partial charge in [0.05, 0.1) is 17.8 Å². The second kappa shape index (κ2) is 7.13. The number of aromatic nitrogens is 4. The molecule has 136 valence electrons. The lowest BCUT2D eigenvalue weighted by atomic mass is 10.2. The summed E-state index contributed by atoms with van der Waals surface area (Å²) in [5.74, 6) is 0.242. The lowest BCUT2D eigenvalue weighted by Gasteiger charge is -2.08. The molecule has 0 aliphatic rings. The van der Waals surface area contributed by atoms with Crippen molar-refractivity contribution in [2.24, 2.45) is 7.05 Å². The summed E-state index contributed by atoms with van der Waals surface area (Å²) < 4.78 is 3.44. The molecule has 1 amide bonds. The third kappa shape index (κ3) is 3.48. The fourth-order valence-corrected chi connectivity index (χ4v) is 3.36. The van der Waals surface area contributed by atoms with E-state index >= 15 is 0 Å². The first-order valence-electron chi connectivity index (χ1n) is 8.06. The summed E-state index contributed by atoms with van der Waals surface area (Å²) in [4.78, 5) is 12.6. The van der Waals surface area contributed by atoms with E-state index in [0.29, 0.717) is 33.7 Å². The number of aryl methyl sites for hydroxylation is 3. The van der Waals surface area contributed by atoms with Gasteiger partial charge in [0.15, 0.2) is 5.82 Å². The molecular weight excluding hydrogens is 373 g/mol. The van der Waals surface area contributed by atoms with Crippen LogP contribution in [-0.2, 0) is 13.6 Å². The Morgan fingerprint density at radius 3 is 2.38 bits per heavy atom. The molecule has 0 atom stereocenters. The molecule has 6 nitrogen and oxygen atoms in total. The Labute approximate surface area is 161 Å². The normalized spacial score (nSPS) is 11.0. The van der Waals surface area contributed by atoms with Crippen LogP contribution in [-0.4, -0.2) is 25.5 Å². The largest absolute Gasteiger partial charge is 0.305 e. The van der Waals surface area contributed by atoms with Gasteiger partial charge in [-0.2, -0.15) is 10.2 Å². The first-order chi connectivity index (χ1) is 12.3. The van der Waals surface area contributed by atoms with E-state index in [1.54, 1.807) is 27.6 Å². The van der Waals surface area contributed by atoms with Crippen molar-refractivity contribution in [1.82, 2.24) is 19.6 Å². The molecule has 0 aliphatic carbocycles. The minimum absolute atomic E-state index is 0.228. The van der Waals surface area contributed by atoms with Gasteiger partial charge in [0, 0.05) is 40.1 Å². The maximum atomic E-state index is 12.6. The molecule has 0 bridgehead atoms. The zero-order valence-corrected chi connectivity index (χ0v) is 16.5. The van der Waals surface area contributed by atoms with Gasteiger partial charge in [-0.3, -0.25) is 14.2 Å². The molecule has 8 heteroatoms. The number of anilines is 1. The Balaban J connectivity index is 1.83. The summed E-state index contributed by atoms with van der Waals surface area (Å²) >= 11 is 12.5. The predicted octanol–water partition coefficient (Wildman–Crippen LogP) is 4.15. The number of nitrogens with one attached hydrogen (secondary N) is 1. The van der Waals surface area contributed by atoms with Crippen molar-refractivity contribution in [2.75, 3.05) is 5.32 Å². The molecule has 1 aromatic carbocycles. The predicted molar refractivity (Wildman–Crippen MR) is 103 cm³/mol. The van der Waals surface area contributed by atoms with Crippen molar-refractivity contribution in [3.05, 3.63) is 62.5 Å². The monoisotopic (exact) mass is 391 g/mol. The van der Waals surface area contributed by atoms with Gasteiger partial charge in [0.2, 0.25) is 0 Å². The van der Waals surface area contributed by atoms with Crippen molar-refractivity contribution < 1.29 is 4.79 Å². The SMILES string of the molecule is Cc1nn(C)c(C)c1C(=O)Nc1cc(C)n(Cc2c(Cl)cccc2Cl)n1. The smallest absolute Gasteiger partial charge is 0.260 e. The van der Waals surface area contributed by atoms with Gasteiger partial charge < -0.3 is 5.32 Å². The summed E-state index contributed by atoms with van der Waals surface area (Å²) in [5.41, 5.74) is 3.73. The first-order valence-corrected chi connectivity index (χ1v) is 8.82. The molecule has 2 aromatic heterocycles. The lowest BCUT2D eigenvalue weighted by Crippen LogP contribution is -2.15. The minimum Gasteiger partial charge on any atom is -0.305 e. The highest BCUT2D eigenvalue weighted by molar-refractivity contribution is 6.35. The molecule has 3 rings (SSSR count). The molecule has 0 unspecified atom stereocenters. The zero-order valence-electron chi connectivity index (χ0n) is 15.0. The zero-order chi connectivity index (χ0) is 19.0. The Kier molecular flexibility index (Phi) is 5.07. The van der Waals surface area contributed by atoms with Crippen LogP contribution in [0.25, 0.3) is 0 Å². The van der Waals surface area contributed by atoms with Crippen molar-refractivity contribution in [1.29, 1.82) is 0 Å². The van der Waals surface area contributed by atoms with Gasteiger partial charge in [0.1, 0.15) is 0 Å². The number of hydrogen-bond donors (Lipinski definition) is 1. The van der Waals surface area contributed by atoms with E-state index in [9.17, 15) is 4.79 Å². The van der Waals surface area contributed by atoms with E-state index < -0.39 is 0 Å². The highest BCUT2D eigenvalue weighted by atomic mass is 35.5. The summed E-state index contributed by atoms with van der Waals surface area (Å²) in [6.07, 6.45) is 0. The number of benzene rings is 1. The van der Waals surface area contributed by atoms with Crippen molar-refractivity contribution in [3.63, 3.8) is 0 Å². The van der Waals surface area contributed by atoms with Gasteiger partial charge in [-0.05, 0) is 32.9 Å². The summed E-state index contributed by atoms with van der Waals surface area (Å²) in [6.45, 7) is 6.00.